The zero-order valence-corrected chi connectivity index (χ0v) is 11.0. The fourth-order valence-electron chi connectivity index (χ4n) is 1.12. The molecule has 1 aromatic rings. The van der Waals surface area contributed by atoms with Crippen molar-refractivity contribution in [1.82, 2.24) is 5.32 Å². The zero-order chi connectivity index (χ0) is 12.1. The molecular formula is C12H15BrN2O. The van der Waals surface area contributed by atoms with Gasteiger partial charge in [-0.3, -0.25) is 4.79 Å². The van der Waals surface area contributed by atoms with Crippen molar-refractivity contribution in [2.24, 2.45) is 0 Å². The Morgan fingerprint density at radius 1 is 1.50 bits per heavy atom. The van der Waals surface area contributed by atoms with Gasteiger partial charge in [-0.25, -0.2) is 0 Å². The van der Waals surface area contributed by atoms with E-state index < -0.39 is 0 Å². The highest BCUT2D eigenvalue weighted by atomic mass is 79.9. The molecule has 0 saturated heterocycles. The fraction of sp³-hybridized carbons (Fsp3) is 0.250. The third kappa shape index (κ3) is 3.70. The van der Waals surface area contributed by atoms with Crippen LogP contribution in [0.5, 0.6) is 0 Å². The number of carbonyl (C=O) groups excluding carboxylic acids is 1. The van der Waals surface area contributed by atoms with Crippen LogP contribution in [0.2, 0.25) is 0 Å². The van der Waals surface area contributed by atoms with Gasteiger partial charge >= 0.3 is 0 Å². The van der Waals surface area contributed by atoms with Crippen molar-refractivity contribution < 1.29 is 4.79 Å². The summed E-state index contributed by atoms with van der Waals surface area (Å²) < 4.78 is 0.738. The van der Waals surface area contributed by atoms with Crippen molar-refractivity contribution in [3.63, 3.8) is 0 Å². The standard InChI is InChI=1S/C12H15BrN2O/c1-8(2)5-6-15-12(16)9-3-4-11(14)10(13)7-9/h3-5,7H,6,14H2,1-2H3,(H,15,16). The molecule has 0 unspecified atom stereocenters. The number of rotatable bonds is 3. The van der Waals surface area contributed by atoms with Gasteiger partial charge in [0.15, 0.2) is 0 Å². The lowest BCUT2D eigenvalue weighted by molar-refractivity contribution is 0.0958. The summed E-state index contributed by atoms with van der Waals surface area (Å²) in [6, 6.07) is 5.13. The van der Waals surface area contributed by atoms with Gasteiger partial charge in [-0.15, -0.1) is 0 Å². The number of nitrogens with one attached hydrogen (secondary N) is 1. The molecule has 4 heteroatoms. The summed E-state index contributed by atoms with van der Waals surface area (Å²) in [6.07, 6.45) is 1.96. The van der Waals surface area contributed by atoms with Crippen LogP contribution in [0, 0.1) is 0 Å². The normalized spacial score (nSPS) is 9.69. The number of halogens is 1. The third-order valence-corrected chi connectivity index (χ3v) is 2.72. The van der Waals surface area contributed by atoms with Crippen molar-refractivity contribution in [3.05, 3.63) is 39.9 Å². The smallest absolute Gasteiger partial charge is 0.251 e. The van der Waals surface area contributed by atoms with Crippen molar-refractivity contribution >= 4 is 27.5 Å². The first-order chi connectivity index (χ1) is 7.50. The Bertz CT molecular complexity index is 423. The minimum atomic E-state index is -0.0989. The van der Waals surface area contributed by atoms with E-state index in [1.54, 1.807) is 18.2 Å². The van der Waals surface area contributed by atoms with Crippen molar-refractivity contribution in [2.45, 2.75) is 13.8 Å². The number of nitrogen functional groups attached to an aromatic ring is 1. The van der Waals surface area contributed by atoms with E-state index in [2.05, 4.69) is 21.2 Å². The average molecular weight is 283 g/mol. The summed E-state index contributed by atoms with van der Waals surface area (Å²) in [4.78, 5) is 11.7. The zero-order valence-electron chi connectivity index (χ0n) is 9.38. The van der Waals surface area contributed by atoms with E-state index in [1.807, 2.05) is 19.9 Å². The summed E-state index contributed by atoms with van der Waals surface area (Å²) in [5.74, 6) is -0.0989. The topological polar surface area (TPSA) is 55.1 Å². The molecule has 1 rings (SSSR count). The van der Waals surface area contributed by atoms with E-state index in [4.69, 9.17) is 5.73 Å². The molecular weight excluding hydrogens is 268 g/mol. The molecule has 3 N–H and O–H groups in total. The van der Waals surface area contributed by atoms with Crippen LogP contribution in [-0.2, 0) is 0 Å². The van der Waals surface area contributed by atoms with E-state index >= 15 is 0 Å². The molecule has 86 valence electrons. The third-order valence-electron chi connectivity index (χ3n) is 2.04. The molecule has 0 aliphatic carbocycles. The van der Waals surface area contributed by atoms with Gasteiger partial charge in [0.2, 0.25) is 0 Å². The van der Waals surface area contributed by atoms with Gasteiger partial charge in [0, 0.05) is 22.3 Å². The van der Waals surface area contributed by atoms with Gasteiger partial charge in [-0.05, 0) is 48.0 Å². The second-order valence-corrected chi connectivity index (χ2v) is 4.58. The summed E-state index contributed by atoms with van der Waals surface area (Å²) >= 11 is 3.29. The van der Waals surface area contributed by atoms with Gasteiger partial charge < -0.3 is 11.1 Å². The Hall–Kier alpha value is -1.29. The number of hydrogen-bond donors (Lipinski definition) is 2. The number of allylic oxidation sites excluding steroid dienone is 1. The highest BCUT2D eigenvalue weighted by molar-refractivity contribution is 9.10. The Labute approximate surface area is 104 Å². The first kappa shape index (κ1) is 12.8. The van der Waals surface area contributed by atoms with Crippen molar-refractivity contribution in [1.29, 1.82) is 0 Å². The predicted octanol–water partition coefficient (Wildman–Crippen LogP) is 2.73. The average Bonchev–Trinajstić information content (AvgIpc) is 2.21. The second-order valence-electron chi connectivity index (χ2n) is 3.73. The van der Waals surface area contributed by atoms with Gasteiger partial charge in [0.05, 0.1) is 0 Å². The monoisotopic (exact) mass is 282 g/mol. The SMILES string of the molecule is CC(C)=CCNC(=O)c1ccc(N)c(Br)c1. The maximum absolute atomic E-state index is 11.7. The van der Waals surface area contributed by atoms with E-state index in [0.29, 0.717) is 17.8 Å². The van der Waals surface area contributed by atoms with E-state index in [9.17, 15) is 4.79 Å². The van der Waals surface area contributed by atoms with E-state index in [0.717, 1.165) is 4.47 Å². The minimum Gasteiger partial charge on any atom is -0.398 e. The van der Waals surface area contributed by atoms with Crippen LogP contribution in [-0.4, -0.2) is 12.5 Å². The molecule has 0 heterocycles. The molecule has 0 aliphatic rings. The first-order valence-electron chi connectivity index (χ1n) is 4.97. The largest absolute Gasteiger partial charge is 0.398 e. The predicted molar refractivity (Wildman–Crippen MR) is 70.3 cm³/mol. The number of hydrogen-bond acceptors (Lipinski definition) is 2. The minimum absolute atomic E-state index is 0.0989. The highest BCUT2D eigenvalue weighted by Crippen LogP contribution is 2.20. The number of amides is 1. The van der Waals surface area contributed by atoms with Crippen LogP contribution in [0.25, 0.3) is 0 Å². The quantitative estimate of drug-likeness (QED) is 0.662. The van der Waals surface area contributed by atoms with E-state index in [-0.39, 0.29) is 5.91 Å². The molecule has 0 aromatic heterocycles. The molecule has 16 heavy (non-hydrogen) atoms. The molecule has 3 nitrogen and oxygen atoms in total. The molecule has 0 saturated carbocycles. The van der Waals surface area contributed by atoms with Crippen LogP contribution in [0.4, 0.5) is 5.69 Å². The van der Waals surface area contributed by atoms with Crippen molar-refractivity contribution in [2.75, 3.05) is 12.3 Å². The van der Waals surface area contributed by atoms with Gasteiger partial charge in [-0.1, -0.05) is 11.6 Å². The number of nitrogens with two attached hydrogens (primary N) is 1. The lowest BCUT2D eigenvalue weighted by atomic mass is 10.2. The molecule has 1 amide bonds. The van der Waals surface area contributed by atoms with Crippen LogP contribution >= 0.6 is 15.9 Å². The fourth-order valence-corrected chi connectivity index (χ4v) is 1.50. The van der Waals surface area contributed by atoms with Crippen molar-refractivity contribution in [3.8, 4) is 0 Å². The van der Waals surface area contributed by atoms with Gasteiger partial charge in [0.1, 0.15) is 0 Å². The molecule has 0 bridgehead atoms. The van der Waals surface area contributed by atoms with Crippen LogP contribution in [0.1, 0.15) is 24.2 Å². The summed E-state index contributed by atoms with van der Waals surface area (Å²) in [5.41, 5.74) is 8.05. The number of carbonyl (C=O) groups is 1. The number of anilines is 1. The Morgan fingerprint density at radius 2 is 2.19 bits per heavy atom. The summed E-state index contributed by atoms with van der Waals surface area (Å²) in [7, 11) is 0. The summed E-state index contributed by atoms with van der Waals surface area (Å²) in [6.45, 7) is 4.53. The van der Waals surface area contributed by atoms with Gasteiger partial charge in [-0.2, -0.15) is 0 Å². The Morgan fingerprint density at radius 3 is 2.75 bits per heavy atom. The molecule has 0 aliphatic heterocycles. The lowest BCUT2D eigenvalue weighted by Crippen LogP contribution is -2.23. The molecule has 0 spiro atoms. The van der Waals surface area contributed by atoms with Crippen LogP contribution in [0.15, 0.2) is 34.3 Å². The first-order valence-corrected chi connectivity index (χ1v) is 5.76. The Balaban J connectivity index is 2.66. The van der Waals surface area contributed by atoms with Gasteiger partial charge in [0.25, 0.3) is 5.91 Å². The molecule has 0 atom stereocenters. The molecule has 0 radical (unpaired) electrons. The van der Waals surface area contributed by atoms with Crippen LogP contribution < -0.4 is 11.1 Å². The molecule has 0 fully saturated rings. The van der Waals surface area contributed by atoms with E-state index in [1.165, 1.54) is 5.57 Å². The number of benzene rings is 1. The van der Waals surface area contributed by atoms with Crippen LogP contribution in [0.3, 0.4) is 0 Å². The summed E-state index contributed by atoms with van der Waals surface area (Å²) in [5, 5.41) is 2.80. The maximum atomic E-state index is 11.7. The maximum Gasteiger partial charge on any atom is 0.251 e. The highest BCUT2D eigenvalue weighted by Gasteiger charge is 2.05. The lowest BCUT2D eigenvalue weighted by Gasteiger charge is -2.04. The Kier molecular flexibility index (Phi) is 4.55. The molecule has 1 aromatic carbocycles. The second kappa shape index (κ2) is 5.70.